The summed E-state index contributed by atoms with van der Waals surface area (Å²) in [5, 5.41) is 0. The molecule has 0 aromatic carbocycles. The van der Waals surface area contributed by atoms with Gasteiger partial charge in [-0.3, -0.25) is 18.6 Å². The van der Waals surface area contributed by atoms with Crippen molar-refractivity contribution in [2.45, 2.75) is 193 Å². The Morgan fingerprint density at radius 3 is 1.32 bits per heavy atom. The van der Waals surface area contributed by atoms with Crippen LogP contribution in [-0.4, -0.2) is 74.9 Å². The fourth-order valence-electron chi connectivity index (χ4n) is 6.40. The normalized spacial score (nSPS) is 14.2. The third kappa shape index (κ3) is 50.2. The topological polar surface area (TPSA) is 108 Å². The lowest BCUT2D eigenvalue weighted by atomic mass is 10.1. The lowest BCUT2D eigenvalue weighted by molar-refractivity contribution is -0.870. The van der Waals surface area contributed by atoms with Crippen LogP contribution in [0.1, 0.15) is 187 Å². The van der Waals surface area contributed by atoms with Crippen molar-refractivity contribution < 1.29 is 42.1 Å². The molecule has 0 aliphatic heterocycles. The van der Waals surface area contributed by atoms with E-state index in [9.17, 15) is 19.0 Å². The van der Waals surface area contributed by atoms with E-state index in [0.717, 1.165) is 116 Å². The number of esters is 2. The number of unbranched alkanes of at least 4 members (excludes halogenated alkanes) is 15. The molecule has 2 unspecified atom stereocenters. The van der Waals surface area contributed by atoms with Gasteiger partial charge in [-0.2, -0.15) is 0 Å². The number of ether oxygens (including phenoxy) is 2. The molecule has 65 heavy (non-hydrogen) atoms. The third-order valence-corrected chi connectivity index (χ3v) is 11.3. The number of carbonyl (C=O) groups excluding carboxylic acids is 2. The minimum Gasteiger partial charge on any atom is -0.462 e. The molecule has 0 aliphatic rings. The fourth-order valence-corrected chi connectivity index (χ4v) is 7.14. The Hall–Kier alpha value is -3.07. The van der Waals surface area contributed by atoms with Crippen molar-refractivity contribution in [1.29, 1.82) is 0 Å². The van der Waals surface area contributed by atoms with Gasteiger partial charge in [-0.15, -0.1) is 0 Å². The average molecular weight is 929 g/mol. The number of phosphoric acid groups is 1. The molecule has 0 saturated carbocycles. The summed E-state index contributed by atoms with van der Waals surface area (Å²) in [5.41, 5.74) is 0. The van der Waals surface area contributed by atoms with Crippen LogP contribution in [0.3, 0.4) is 0 Å². The van der Waals surface area contributed by atoms with Gasteiger partial charge < -0.3 is 18.9 Å². The summed E-state index contributed by atoms with van der Waals surface area (Å²) in [4.78, 5) is 35.5. The predicted octanol–water partition coefficient (Wildman–Crippen LogP) is 15.3. The number of likely N-dealkylation sites (N-methyl/N-ethyl adjacent to an activating group) is 1. The van der Waals surface area contributed by atoms with E-state index >= 15 is 0 Å². The summed E-state index contributed by atoms with van der Waals surface area (Å²) in [6.07, 6.45) is 61.7. The van der Waals surface area contributed by atoms with Gasteiger partial charge in [0.2, 0.25) is 0 Å². The van der Waals surface area contributed by atoms with Gasteiger partial charge in [0.05, 0.1) is 27.7 Å². The largest absolute Gasteiger partial charge is 0.472 e. The summed E-state index contributed by atoms with van der Waals surface area (Å²) in [6, 6.07) is 0. The van der Waals surface area contributed by atoms with E-state index < -0.39 is 26.5 Å². The van der Waals surface area contributed by atoms with Gasteiger partial charge in [0.25, 0.3) is 0 Å². The van der Waals surface area contributed by atoms with Crippen molar-refractivity contribution in [3.05, 3.63) is 97.2 Å². The van der Waals surface area contributed by atoms with Gasteiger partial charge in [0.15, 0.2) is 6.10 Å². The summed E-state index contributed by atoms with van der Waals surface area (Å²) in [6.45, 7) is 4.25. The highest BCUT2D eigenvalue weighted by Gasteiger charge is 2.27. The number of hydrogen-bond donors (Lipinski definition) is 1. The Balaban J connectivity index is 4.32. The van der Waals surface area contributed by atoms with Gasteiger partial charge in [-0.05, 0) is 96.3 Å². The first-order valence-corrected chi connectivity index (χ1v) is 27.0. The maximum absolute atomic E-state index is 12.8. The standard InChI is InChI=1S/C55H94NO8P/c1-6-8-10-12-14-16-18-20-22-23-24-25-26-27-28-29-30-31-32-33-34-36-38-40-42-44-46-48-55(58)64-53(52-63-65(59,60)62-50-49-56(3,4)5)51-61-54(57)47-45-43-41-39-37-35-21-19-17-15-13-11-9-7-2/h8,10,14,16,19-22,24-25,27-28,30-31,33-34,53H,6-7,9,11-13,15,17-18,23,26,29,32,35-52H2,1-5H3/p+1/b10-8-,16-14-,21-19-,22-20-,25-24-,28-27-,31-30-,34-33-. The first kappa shape index (κ1) is 61.9. The van der Waals surface area contributed by atoms with E-state index in [2.05, 4.69) is 111 Å². The Kier molecular flexibility index (Phi) is 43.9. The highest BCUT2D eigenvalue weighted by molar-refractivity contribution is 7.47. The van der Waals surface area contributed by atoms with Crippen molar-refractivity contribution in [1.82, 2.24) is 0 Å². The third-order valence-electron chi connectivity index (χ3n) is 10.3. The quantitative estimate of drug-likeness (QED) is 0.0211. The van der Waals surface area contributed by atoms with E-state index in [4.69, 9.17) is 18.5 Å². The Labute approximate surface area is 398 Å². The van der Waals surface area contributed by atoms with Crippen LogP contribution >= 0.6 is 7.82 Å². The molecule has 9 nitrogen and oxygen atoms in total. The van der Waals surface area contributed by atoms with Crippen molar-refractivity contribution in [2.24, 2.45) is 0 Å². The van der Waals surface area contributed by atoms with Gasteiger partial charge in [0.1, 0.15) is 19.8 Å². The van der Waals surface area contributed by atoms with Crippen LogP contribution in [-0.2, 0) is 32.7 Å². The molecule has 0 radical (unpaired) electrons. The minimum absolute atomic E-state index is 0.0211. The Morgan fingerprint density at radius 1 is 0.492 bits per heavy atom. The molecule has 372 valence electrons. The molecule has 0 fully saturated rings. The van der Waals surface area contributed by atoms with Crippen molar-refractivity contribution in [3.63, 3.8) is 0 Å². The van der Waals surface area contributed by atoms with Gasteiger partial charge in [-0.1, -0.05) is 175 Å². The van der Waals surface area contributed by atoms with Crippen molar-refractivity contribution >= 4 is 19.8 Å². The molecular weight excluding hydrogens is 834 g/mol. The van der Waals surface area contributed by atoms with Crippen LogP contribution in [0, 0.1) is 0 Å². The van der Waals surface area contributed by atoms with Crippen LogP contribution in [0.25, 0.3) is 0 Å². The Bertz CT molecular complexity index is 1420. The van der Waals surface area contributed by atoms with Crippen LogP contribution in [0.5, 0.6) is 0 Å². The molecule has 0 heterocycles. The van der Waals surface area contributed by atoms with Crippen LogP contribution < -0.4 is 0 Å². The molecule has 0 spiro atoms. The second-order valence-corrected chi connectivity index (χ2v) is 19.3. The lowest BCUT2D eigenvalue weighted by Gasteiger charge is -2.24. The smallest absolute Gasteiger partial charge is 0.462 e. The van der Waals surface area contributed by atoms with E-state index in [0.29, 0.717) is 17.4 Å². The SMILES string of the molecule is CC/C=C\C/C=C\C/C=C\C/C=C\C/C=C\C/C=C\C/C=C\CCCCCCCC(=O)OC(COC(=O)CCCCCCC/C=C\CCCCCCC)COP(=O)(O)OCC[N+](C)(C)C. The van der Waals surface area contributed by atoms with Crippen LogP contribution in [0.4, 0.5) is 0 Å². The average Bonchev–Trinajstić information content (AvgIpc) is 3.26. The molecule has 1 N–H and O–H groups in total. The molecule has 0 aromatic rings. The lowest BCUT2D eigenvalue weighted by Crippen LogP contribution is -2.37. The number of nitrogens with zero attached hydrogens (tertiary/aromatic N) is 1. The number of carbonyl (C=O) groups is 2. The number of rotatable bonds is 45. The molecule has 2 atom stereocenters. The zero-order valence-corrected chi connectivity index (χ0v) is 42.8. The molecule has 0 bridgehead atoms. The number of quaternary nitrogens is 1. The maximum Gasteiger partial charge on any atom is 0.472 e. The molecule has 10 heteroatoms. The first-order valence-electron chi connectivity index (χ1n) is 25.5. The summed E-state index contributed by atoms with van der Waals surface area (Å²) >= 11 is 0. The Morgan fingerprint density at radius 2 is 0.877 bits per heavy atom. The molecule has 0 aliphatic carbocycles. The molecule has 0 saturated heterocycles. The zero-order valence-electron chi connectivity index (χ0n) is 41.9. The highest BCUT2D eigenvalue weighted by atomic mass is 31.2. The zero-order chi connectivity index (χ0) is 47.8. The molecule has 0 rings (SSSR count). The molecule has 0 aromatic heterocycles. The van der Waals surface area contributed by atoms with Crippen molar-refractivity contribution in [3.8, 4) is 0 Å². The second kappa shape index (κ2) is 46.1. The van der Waals surface area contributed by atoms with E-state index in [1.807, 2.05) is 21.1 Å². The van der Waals surface area contributed by atoms with Crippen LogP contribution in [0.2, 0.25) is 0 Å². The fraction of sp³-hybridized carbons (Fsp3) is 0.673. The number of allylic oxidation sites excluding steroid dienone is 16. The first-order chi connectivity index (χ1) is 31.5. The maximum atomic E-state index is 12.8. The molecular formula is C55H95NO8P+. The van der Waals surface area contributed by atoms with Gasteiger partial charge >= 0.3 is 19.8 Å². The molecule has 0 amide bonds. The number of hydrogen-bond acceptors (Lipinski definition) is 7. The van der Waals surface area contributed by atoms with Crippen molar-refractivity contribution in [2.75, 3.05) is 47.5 Å². The highest BCUT2D eigenvalue weighted by Crippen LogP contribution is 2.43. The van der Waals surface area contributed by atoms with E-state index in [-0.39, 0.29) is 32.0 Å². The monoisotopic (exact) mass is 929 g/mol. The summed E-state index contributed by atoms with van der Waals surface area (Å²) in [7, 11) is 1.44. The number of phosphoric ester groups is 1. The second-order valence-electron chi connectivity index (χ2n) is 17.8. The van der Waals surface area contributed by atoms with Crippen LogP contribution in [0.15, 0.2) is 97.2 Å². The van der Waals surface area contributed by atoms with Gasteiger partial charge in [-0.25, -0.2) is 4.57 Å². The summed E-state index contributed by atoms with van der Waals surface area (Å²) < 4.78 is 34.4. The van der Waals surface area contributed by atoms with E-state index in [1.54, 1.807) is 0 Å². The minimum atomic E-state index is -4.39. The van der Waals surface area contributed by atoms with E-state index in [1.165, 1.54) is 38.5 Å². The van der Waals surface area contributed by atoms with Gasteiger partial charge in [0, 0.05) is 12.8 Å². The summed E-state index contributed by atoms with van der Waals surface area (Å²) in [5.74, 6) is -0.838. The predicted molar refractivity (Wildman–Crippen MR) is 275 cm³/mol.